The number of ether oxygens (including phenoxy) is 6. The van der Waals surface area contributed by atoms with Crippen molar-refractivity contribution in [3.63, 3.8) is 0 Å². The Bertz CT molecular complexity index is 776. The summed E-state index contributed by atoms with van der Waals surface area (Å²) in [4.78, 5) is 44.6. The van der Waals surface area contributed by atoms with E-state index in [1.54, 1.807) is 0 Å². The SMILES string of the molecule is COc1cc(COC(=O)OCC[C@@H]2OC(=O)COC2=O)c([N+](=O)[O-])cc1OC. The highest BCUT2D eigenvalue weighted by atomic mass is 16.7. The number of esters is 2. The Morgan fingerprint density at radius 3 is 2.54 bits per heavy atom. The number of benzene rings is 1. The molecule has 0 bridgehead atoms. The van der Waals surface area contributed by atoms with Gasteiger partial charge >= 0.3 is 18.1 Å². The number of nitro benzene ring substituents is 1. The van der Waals surface area contributed by atoms with Crippen LogP contribution >= 0.6 is 0 Å². The fourth-order valence-corrected chi connectivity index (χ4v) is 2.26. The van der Waals surface area contributed by atoms with E-state index in [2.05, 4.69) is 4.74 Å². The zero-order valence-electron chi connectivity index (χ0n) is 15.0. The molecule has 152 valence electrons. The highest BCUT2D eigenvalue weighted by Crippen LogP contribution is 2.34. The van der Waals surface area contributed by atoms with Crippen molar-refractivity contribution in [3.05, 3.63) is 27.8 Å². The molecule has 1 atom stereocenters. The fraction of sp³-hybridized carbons (Fsp3) is 0.438. The molecule has 1 aliphatic rings. The molecule has 0 saturated carbocycles. The maximum atomic E-state index is 11.7. The number of hydrogen-bond acceptors (Lipinski definition) is 11. The van der Waals surface area contributed by atoms with Gasteiger partial charge in [0.25, 0.3) is 5.69 Å². The molecule has 0 amide bonds. The highest BCUT2D eigenvalue weighted by Gasteiger charge is 2.30. The molecule has 28 heavy (non-hydrogen) atoms. The highest BCUT2D eigenvalue weighted by molar-refractivity contribution is 5.85. The van der Waals surface area contributed by atoms with E-state index >= 15 is 0 Å². The average molecular weight is 399 g/mol. The van der Waals surface area contributed by atoms with Crippen LogP contribution in [0.3, 0.4) is 0 Å². The minimum atomic E-state index is -1.17. The number of hydrogen-bond donors (Lipinski definition) is 0. The number of nitro groups is 1. The van der Waals surface area contributed by atoms with Gasteiger partial charge in [0.05, 0.1) is 37.4 Å². The molecule has 1 saturated heterocycles. The molecule has 0 aromatic heterocycles. The molecule has 0 unspecified atom stereocenters. The molecular weight excluding hydrogens is 382 g/mol. The molecule has 1 aromatic rings. The molecule has 12 nitrogen and oxygen atoms in total. The van der Waals surface area contributed by atoms with Gasteiger partial charge in [0, 0.05) is 6.42 Å². The van der Waals surface area contributed by atoms with Gasteiger partial charge in [-0.25, -0.2) is 14.4 Å². The summed E-state index contributed by atoms with van der Waals surface area (Å²) in [5, 5.41) is 11.2. The Hall–Kier alpha value is -3.57. The van der Waals surface area contributed by atoms with Gasteiger partial charge in [-0.3, -0.25) is 10.1 Å². The van der Waals surface area contributed by atoms with E-state index in [0.717, 1.165) is 6.07 Å². The first kappa shape index (κ1) is 20.7. The van der Waals surface area contributed by atoms with E-state index in [0.29, 0.717) is 0 Å². The van der Waals surface area contributed by atoms with Crippen LogP contribution in [0.1, 0.15) is 12.0 Å². The van der Waals surface area contributed by atoms with Crippen LogP contribution in [-0.4, -0.2) is 56.6 Å². The van der Waals surface area contributed by atoms with Gasteiger partial charge < -0.3 is 28.4 Å². The number of rotatable bonds is 8. The summed E-state index contributed by atoms with van der Waals surface area (Å²) in [7, 11) is 2.68. The summed E-state index contributed by atoms with van der Waals surface area (Å²) in [6.07, 6.45) is -2.41. The smallest absolute Gasteiger partial charge is 0.493 e. The van der Waals surface area contributed by atoms with E-state index in [4.69, 9.17) is 23.7 Å². The lowest BCUT2D eigenvalue weighted by Gasteiger charge is -2.20. The second kappa shape index (κ2) is 9.39. The Morgan fingerprint density at radius 1 is 1.21 bits per heavy atom. The predicted octanol–water partition coefficient (Wildman–Crippen LogP) is 1.12. The lowest BCUT2D eigenvalue weighted by atomic mass is 10.1. The van der Waals surface area contributed by atoms with Crippen molar-refractivity contribution in [2.24, 2.45) is 0 Å². The van der Waals surface area contributed by atoms with Gasteiger partial charge in [0.2, 0.25) is 6.10 Å². The molecule has 0 radical (unpaired) electrons. The molecule has 12 heteroatoms. The zero-order valence-corrected chi connectivity index (χ0v) is 15.0. The third kappa shape index (κ3) is 5.22. The lowest BCUT2D eigenvalue weighted by Crippen LogP contribution is -2.38. The van der Waals surface area contributed by atoms with E-state index in [1.165, 1.54) is 20.3 Å². The maximum Gasteiger partial charge on any atom is 0.508 e. The van der Waals surface area contributed by atoms with Crippen molar-refractivity contribution < 1.29 is 47.7 Å². The molecule has 1 heterocycles. The summed E-state index contributed by atoms with van der Waals surface area (Å²) in [5.74, 6) is -1.07. The van der Waals surface area contributed by atoms with Crippen molar-refractivity contribution in [2.45, 2.75) is 19.1 Å². The topological polar surface area (TPSA) is 150 Å². The van der Waals surface area contributed by atoms with Gasteiger partial charge in [-0.15, -0.1) is 0 Å². The standard InChI is InChI=1S/C16H17NO11/c1-23-12-5-9(10(17(21)22)6-13(12)24-2)7-27-16(20)25-4-3-11-15(19)26-8-14(18)28-11/h5-6,11H,3-4,7-8H2,1-2H3/t11-/m0/s1. The third-order valence-electron chi connectivity index (χ3n) is 3.60. The molecule has 0 spiro atoms. The number of carbonyl (C=O) groups is 3. The van der Waals surface area contributed by atoms with Crippen LogP contribution in [0, 0.1) is 10.1 Å². The van der Waals surface area contributed by atoms with Gasteiger partial charge in [0.15, 0.2) is 18.1 Å². The Balaban J connectivity index is 1.90. The van der Waals surface area contributed by atoms with Gasteiger partial charge in [-0.05, 0) is 6.07 Å². The molecule has 0 N–H and O–H groups in total. The fourth-order valence-electron chi connectivity index (χ4n) is 2.26. The molecule has 1 aromatic carbocycles. The molecule has 0 aliphatic carbocycles. The normalized spacial score (nSPS) is 15.9. The molecular formula is C16H17NO11. The number of nitrogens with zero attached hydrogens (tertiary/aromatic N) is 1. The van der Waals surface area contributed by atoms with Crippen molar-refractivity contribution in [2.75, 3.05) is 27.4 Å². The van der Waals surface area contributed by atoms with Crippen LogP contribution in [0.5, 0.6) is 11.5 Å². The van der Waals surface area contributed by atoms with Crippen molar-refractivity contribution >= 4 is 23.8 Å². The average Bonchev–Trinajstić information content (AvgIpc) is 2.68. The van der Waals surface area contributed by atoms with Gasteiger partial charge in [-0.2, -0.15) is 0 Å². The number of cyclic esters (lactones) is 2. The third-order valence-corrected chi connectivity index (χ3v) is 3.60. The Labute approximate surface area is 158 Å². The van der Waals surface area contributed by atoms with Crippen molar-refractivity contribution in [1.29, 1.82) is 0 Å². The Kier molecular flexibility index (Phi) is 6.96. The summed E-state index contributed by atoms with van der Waals surface area (Å²) < 4.78 is 29.0. The van der Waals surface area contributed by atoms with Crippen LogP contribution < -0.4 is 9.47 Å². The van der Waals surface area contributed by atoms with Crippen LogP contribution in [0.2, 0.25) is 0 Å². The first-order chi connectivity index (χ1) is 13.3. The number of methoxy groups -OCH3 is 2. The Morgan fingerprint density at radius 2 is 1.89 bits per heavy atom. The van der Waals surface area contributed by atoms with E-state index in [1.807, 2.05) is 0 Å². The van der Waals surface area contributed by atoms with Gasteiger partial charge in [0.1, 0.15) is 6.61 Å². The summed E-state index contributed by atoms with van der Waals surface area (Å²) in [5.41, 5.74) is -0.272. The monoisotopic (exact) mass is 399 g/mol. The molecule has 1 fully saturated rings. The minimum Gasteiger partial charge on any atom is -0.493 e. The van der Waals surface area contributed by atoms with E-state index in [-0.39, 0.29) is 35.8 Å². The largest absolute Gasteiger partial charge is 0.508 e. The van der Waals surface area contributed by atoms with E-state index < -0.39 is 42.3 Å². The van der Waals surface area contributed by atoms with Crippen LogP contribution in [0.15, 0.2) is 12.1 Å². The summed E-state index contributed by atoms with van der Waals surface area (Å²) in [6.45, 7) is -1.21. The van der Waals surface area contributed by atoms with Crippen LogP contribution in [0.25, 0.3) is 0 Å². The van der Waals surface area contributed by atoms with E-state index in [9.17, 15) is 24.5 Å². The molecule has 2 rings (SSSR count). The van der Waals surface area contributed by atoms with Crippen molar-refractivity contribution in [1.82, 2.24) is 0 Å². The first-order valence-corrected chi connectivity index (χ1v) is 7.90. The lowest BCUT2D eigenvalue weighted by molar-refractivity contribution is -0.385. The molecule has 1 aliphatic heterocycles. The second-order valence-electron chi connectivity index (χ2n) is 5.36. The number of carbonyl (C=O) groups excluding carboxylic acids is 3. The minimum absolute atomic E-state index is 0.0596. The predicted molar refractivity (Wildman–Crippen MR) is 87.8 cm³/mol. The maximum absolute atomic E-state index is 11.7. The van der Waals surface area contributed by atoms with Gasteiger partial charge in [-0.1, -0.05) is 0 Å². The second-order valence-corrected chi connectivity index (χ2v) is 5.36. The summed E-state index contributed by atoms with van der Waals surface area (Å²) in [6, 6.07) is 2.45. The van der Waals surface area contributed by atoms with Crippen molar-refractivity contribution in [3.8, 4) is 11.5 Å². The van der Waals surface area contributed by atoms with Crippen LogP contribution in [-0.2, 0) is 35.1 Å². The summed E-state index contributed by atoms with van der Waals surface area (Å²) >= 11 is 0. The van der Waals surface area contributed by atoms with Crippen LogP contribution in [0.4, 0.5) is 10.5 Å². The quantitative estimate of drug-likeness (QED) is 0.268. The first-order valence-electron chi connectivity index (χ1n) is 7.90. The zero-order chi connectivity index (χ0) is 20.7.